The number of carbonyl (C=O) groups excluding carboxylic acids is 1. The lowest BCUT2D eigenvalue weighted by Crippen LogP contribution is -2.27. The molecule has 8 nitrogen and oxygen atoms in total. The predicted octanol–water partition coefficient (Wildman–Crippen LogP) is 3.15. The summed E-state index contributed by atoms with van der Waals surface area (Å²) < 4.78 is 10.9. The fraction of sp³-hybridized carbons (Fsp3) is 0.238. The summed E-state index contributed by atoms with van der Waals surface area (Å²) in [5.41, 5.74) is 1.44. The minimum Gasteiger partial charge on any atom is -0.467 e. The minimum absolute atomic E-state index is 0.0976. The van der Waals surface area contributed by atoms with Crippen molar-refractivity contribution in [2.45, 2.75) is 19.6 Å². The SMILES string of the molecule is N#CCCN(Cc1ccco1)c1ncncc1NC(=O)COCc1ccccc1. The molecule has 0 spiro atoms. The van der Waals surface area contributed by atoms with Crippen LogP contribution in [0.1, 0.15) is 17.7 Å². The van der Waals surface area contributed by atoms with E-state index in [0.717, 1.165) is 11.3 Å². The summed E-state index contributed by atoms with van der Waals surface area (Å²) in [5, 5.41) is 11.8. The van der Waals surface area contributed by atoms with Crippen molar-refractivity contribution in [1.82, 2.24) is 9.97 Å². The van der Waals surface area contributed by atoms with Gasteiger partial charge in [0.2, 0.25) is 0 Å². The van der Waals surface area contributed by atoms with Gasteiger partial charge in [0.15, 0.2) is 5.82 Å². The zero-order valence-corrected chi connectivity index (χ0v) is 15.8. The molecule has 0 aliphatic heterocycles. The summed E-state index contributed by atoms with van der Waals surface area (Å²) >= 11 is 0. The second-order valence-corrected chi connectivity index (χ2v) is 6.20. The molecule has 1 aromatic carbocycles. The van der Waals surface area contributed by atoms with Gasteiger partial charge < -0.3 is 19.4 Å². The standard InChI is InChI=1S/C21H21N5O3/c22-9-5-10-26(13-18-8-4-11-29-18)21-19(12-23-16-24-21)25-20(27)15-28-14-17-6-2-1-3-7-17/h1-4,6-8,11-12,16H,5,10,13-15H2,(H,25,27). The highest BCUT2D eigenvalue weighted by molar-refractivity contribution is 5.94. The van der Waals surface area contributed by atoms with Crippen LogP contribution in [0.15, 0.2) is 65.7 Å². The number of benzene rings is 1. The molecule has 3 aromatic rings. The van der Waals surface area contributed by atoms with Gasteiger partial charge in [-0.15, -0.1) is 0 Å². The molecule has 148 valence electrons. The highest BCUT2D eigenvalue weighted by Crippen LogP contribution is 2.24. The number of ether oxygens (including phenoxy) is 1. The molecule has 0 fully saturated rings. The second-order valence-electron chi connectivity index (χ2n) is 6.20. The highest BCUT2D eigenvalue weighted by atomic mass is 16.5. The van der Waals surface area contributed by atoms with Gasteiger partial charge in [-0.25, -0.2) is 9.97 Å². The third kappa shape index (κ3) is 6.16. The summed E-state index contributed by atoms with van der Waals surface area (Å²) in [7, 11) is 0. The number of nitriles is 1. The fourth-order valence-corrected chi connectivity index (χ4v) is 2.72. The number of aromatic nitrogens is 2. The first-order valence-corrected chi connectivity index (χ1v) is 9.12. The molecule has 29 heavy (non-hydrogen) atoms. The van der Waals surface area contributed by atoms with Crippen LogP contribution in [0.2, 0.25) is 0 Å². The average molecular weight is 391 g/mol. The Balaban J connectivity index is 1.64. The molecule has 0 aliphatic carbocycles. The van der Waals surface area contributed by atoms with E-state index in [1.54, 1.807) is 12.3 Å². The number of hydrogen-bond acceptors (Lipinski definition) is 7. The Bertz CT molecular complexity index is 938. The van der Waals surface area contributed by atoms with Crippen molar-refractivity contribution in [3.8, 4) is 6.07 Å². The summed E-state index contributed by atoms with van der Waals surface area (Å²) in [6.07, 6.45) is 4.82. The normalized spacial score (nSPS) is 10.3. The lowest BCUT2D eigenvalue weighted by atomic mass is 10.2. The van der Waals surface area contributed by atoms with Crippen molar-refractivity contribution in [2.24, 2.45) is 0 Å². The van der Waals surface area contributed by atoms with Crippen LogP contribution in [0.4, 0.5) is 11.5 Å². The molecule has 3 rings (SSSR count). The number of hydrogen-bond donors (Lipinski definition) is 1. The van der Waals surface area contributed by atoms with Crippen LogP contribution in [-0.4, -0.2) is 29.0 Å². The molecule has 1 N–H and O–H groups in total. The molecule has 0 aliphatic rings. The zero-order chi connectivity index (χ0) is 20.3. The van der Waals surface area contributed by atoms with E-state index in [-0.39, 0.29) is 12.5 Å². The minimum atomic E-state index is -0.310. The Morgan fingerprint density at radius 1 is 1.24 bits per heavy atom. The van der Waals surface area contributed by atoms with E-state index in [0.29, 0.717) is 37.6 Å². The molecule has 0 radical (unpaired) electrons. The molecular formula is C21H21N5O3. The molecule has 0 saturated carbocycles. The van der Waals surface area contributed by atoms with Crippen molar-refractivity contribution < 1.29 is 13.9 Å². The number of nitrogens with zero attached hydrogens (tertiary/aromatic N) is 4. The van der Waals surface area contributed by atoms with E-state index in [9.17, 15) is 4.79 Å². The van der Waals surface area contributed by atoms with Gasteiger partial charge in [0.05, 0.1) is 38.1 Å². The van der Waals surface area contributed by atoms with Gasteiger partial charge in [0, 0.05) is 6.54 Å². The Morgan fingerprint density at radius 2 is 2.10 bits per heavy atom. The molecular weight excluding hydrogens is 370 g/mol. The topological polar surface area (TPSA) is 104 Å². The van der Waals surface area contributed by atoms with Crippen LogP contribution in [0.5, 0.6) is 0 Å². The lowest BCUT2D eigenvalue weighted by molar-refractivity contribution is -0.121. The Morgan fingerprint density at radius 3 is 2.86 bits per heavy atom. The lowest BCUT2D eigenvalue weighted by Gasteiger charge is -2.23. The molecule has 0 atom stereocenters. The maximum atomic E-state index is 12.3. The summed E-state index contributed by atoms with van der Waals surface area (Å²) in [6, 6.07) is 15.4. The quantitative estimate of drug-likeness (QED) is 0.566. The number of nitrogens with one attached hydrogen (secondary N) is 1. The first-order chi connectivity index (χ1) is 14.3. The molecule has 2 heterocycles. The molecule has 0 bridgehead atoms. The molecule has 0 saturated heterocycles. The van der Waals surface area contributed by atoms with Crippen LogP contribution >= 0.6 is 0 Å². The largest absolute Gasteiger partial charge is 0.467 e. The molecule has 1 amide bonds. The van der Waals surface area contributed by atoms with Crippen LogP contribution in [0, 0.1) is 11.3 Å². The predicted molar refractivity (Wildman–Crippen MR) is 107 cm³/mol. The van der Waals surface area contributed by atoms with Gasteiger partial charge in [-0.3, -0.25) is 4.79 Å². The van der Waals surface area contributed by atoms with E-state index < -0.39 is 0 Å². The maximum absolute atomic E-state index is 12.3. The van der Waals surface area contributed by atoms with Gasteiger partial charge in [-0.05, 0) is 17.7 Å². The maximum Gasteiger partial charge on any atom is 0.250 e. The van der Waals surface area contributed by atoms with Gasteiger partial charge in [0.25, 0.3) is 5.91 Å². The molecule has 2 aromatic heterocycles. The number of furan rings is 1. The Kier molecular flexibility index (Phi) is 7.32. The van der Waals surface area contributed by atoms with Gasteiger partial charge >= 0.3 is 0 Å². The third-order valence-corrected chi connectivity index (χ3v) is 4.03. The van der Waals surface area contributed by atoms with E-state index in [1.807, 2.05) is 41.3 Å². The molecule has 0 unspecified atom stereocenters. The number of anilines is 2. The smallest absolute Gasteiger partial charge is 0.250 e. The number of amides is 1. The third-order valence-electron chi connectivity index (χ3n) is 4.03. The summed E-state index contributed by atoms with van der Waals surface area (Å²) in [6.45, 7) is 1.10. The van der Waals surface area contributed by atoms with Crippen molar-refractivity contribution in [2.75, 3.05) is 23.4 Å². The highest BCUT2D eigenvalue weighted by Gasteiger charge is 2.16. The van der Waals surface area contributed by atoms with Crippen LogP contribution in [0.3, 0.4) is 0 Å². The Hall–Kier alpha value is -3.70. The van der Waals surface area contributed by atoms with E-state index >= 15 is 0 Å². The Labute approximate surface area is 168 Å². The zero-order valence-electron chi connectivity index (χ0n) is 15.8. The van der Waals surface area contributed by atoms with E-state index in [4.69, 9.17) is 14.4 Å². The first-order valence-electron chi connectivity index (χ1n) is 9.12. The van der Waals surface area contributed by atoms with Crippen LogP contribution < -0.4 is 10.2 Å². The van der Waals surface area contributed by atoms with Crippen molar-refractivity contribution >= 4 is 17.4 Å². The van der Waals surface area contributed by atoms with Gasteiger partial charge in [-0.2, -0.15) is 5.26 Å². The van der Waals surface area contributed by atoms with Crippen LogP contribution in [0.25, 0.3) is 0 Å². The summed E-state index contributed by atoms with van der Waals surface area (Å²) in [4.78, 5) is 22.5. The number of rotatable bonds is 10. The number of carbonyl (C=O) groups is 1. The van der Waals surface area contributed by atoms with Gasteiger partial charge in [0.1, 0.15) is 24.4 Å². The van der Waals surface area contributed by atoms with Gasteiger partial charge in [-0.1, -0.05) is 30.3 Å². The average Bonchev–Trinajstić information content (AvgIpc) is 3.25. The van der Waals surface area contributed by atoms with Crippen molar-refractivity contribution in [1.29, 1.82) is 5.26 Å². The van der Waals surface area contributed by atoms with Crippen molar-refractivity contribution in [3.05, 3.63) is 72.6 Å². The second kappa shape index (κ2) is 10.6. The first kappa shape index (κ1) is 20.0. The van der Waals surface area contributed by atoms with E-state index in [1.165, 1.54) is 12.5 Å². The monoisotopic (exact) mass is 391 g/mol. The molecule has 8 heteroatoms. The van der Waals surface area contributed by atoms with Crippen molar-refractivity contribution in [3.63, 3.8) is 0 Å². The van der Waals surface area contributed by atoms with Crippen LogP contribution in [-0.2, 0) is 22.7 Å². The summed E-state index contributed by atoms with van der Waals surface area (Å²) in [5.74, 6) is 0.934. The fourth-order valence-electron chi connectivity index (χ4n) is 2.72. The van der Waals surface area contributed by atoms with E-state index in [2.05, 4.69) is 21.4 Å².